The van der Waals surface area contributed by atoms with Crippen molar-refractivity contribution in [2.24, 2.45) is 11.7 Å². The molecule has 1 fully saturated rings. The van der Waals surface area contributed by atoms with Gasteiger partial charge in [-0.2, -0.15) is 4.37 Å². The van der Waals surface area contributed by atoms with Crippen molar-refractivity contribution in [1.82, 2.24) is 9.36 Å². The summed E-state index contributed by atoms with van der Waals surface area (Å²) in [5.74, 6) is 0.898. The van der Waals surface area contributed by atoms with Crippen molar-refractivity contribution in [2.45, 2.75) is 51.5 Å². The van der Waals surface area contributed by atoms with Crippen molar-refractivity contribution < 1.29 is 4.79 Å². The van der Waals surface area contributed by atoms with Crippen LogP contribution >= 0.6 is 11.5 Å². The highest BCUT2D eigenvalue weighted by Gasteiger charge is 2.30. The standard InChI is InChI=1S/C12H20N4OS/c1-7(2)11-15-12(18-16-11)14-9-6-4-3-5-8(9)10(13)17/h7-9H,3-6H2,1-2H3,(H2,13,17)(H,14,15,16). The van der Waals surface area contributed by atoms with Crippen LogP contribution in [0.4, 0.5) is 5.13 Å². The van der Waals surface area contributed by atoms with E-state index in [1.165, 1.54) is 11.5 Å². The van der Waals surface area contributed by atoms with E-state index in [0.29, 0.717) is 5.92 Å². The lowest BCUT2D eigenvalue weighted by Gasteiger charge is -2.29. The van der Waals surface area contributed by atoms with Crippen LogP contribution in [0.3, 0.4) is 0 Å². The predicted octanol–water partition coefficient (Wildman–Crippen LogP) is 2.12. The first-order chi connectivity index (χ1) is 8.58. The number of rotatable bonds is 4. The molecule has 1 amide bonds. The molecular weight excluding hydrogens is 248 g/mol. The number of hydrogen-bond acceptors (Lipinski definition) is 5. The Hall–Kier alpha value is -1.17. The summed E-state index contributed by atoms with van der Waals surface area (Å²) in [5, 5.41) is 4.13. The summed E-state index contributed by atoms with van der Waals surface area (Å²) in [5.41, 5.74) is 5.45. The van der Waals surface area contributed by atoms with E-state index in [2.05, 4.69) is 28.5 Å². The number of carbonyl (C=O) groups excluding carboxylic acids is 1. The molecule has 1 aromatic rings. The number of primary amides is 1. The van der Waals surface area contributed by atoms with E-state index in [1.807, 2.05) is 0 Å². The summed E-state index contributed by atoms with van der Waals surface area (Å²) < 4.78 is 4.30. The Morgan fingerprint density at radius 3 is 2.78 bits per heavy atom. The fourth-order valence-corrected chi connectivity index (χ4v) is 3.10. The van der Waals surface area contributed by atoms with Crippen LogP contribution in [0.15, 0.2) is 0 Å². The molecule has 1 heterocycles. The summed E-state index contributed by atoms with van der Waals surface area (Å²) in [7, 11) is 0. The summed E-state index contributed by atoms with van der Waals surface area (Å²) in [6.07, 6.45) is 4.07. The molecule has 0 spiro atoms. The fraction of sp³-hybridized carbons (Fsp3) is 0.750. The van der Waals surface area contributed by atoms with Gasteiger partial charge in [-0.1, -0.05) is 26.7 Å². The summed E-state index contributed by atoms with van der Waals surface area (Å²) in [6, 6.07) is 0.115. The summed E-state index contributed by atoms with van der Waals surface area (Å²) >= 11 is 1.36. The molecule has 0 saturated heterocycles. The number of aromatic nitrogens is 2. The third-order valence-corrected chi connectivity index (χ3v) is 4.06. The lowest BCUT2D eigenvalue weighted by molar-refractivity contribution is -0.122. The molecule has 0 aromatic carbocycles. The maximum atomic E-state index is 11.4. The molecule has 1 aliphatic carbocycles. The van der Waals surface area contributed by atoms with E-state index in [0.717, 1.165) is 36.6 Å². The Balaban J connectivity index is 2.03. The largest absolute Gasteiger partial charge is 0.369 e. The third kappa shape index (κ3) is 2.98. The van der Waals surface area contributed by atoms with Crippen LogP contribution in [0.5, 0.6) is 0 Å². The lowest BCUT2D eigenvalue weighted by atomic mass is 9.84. The molecule has 0 aliphatic heterocycles. The van der Waals surface area contributed by atoms with Gasteiger partial charge in [-0.05, 0) is 12.8 Å². The van der Waals surface area contributed by atoms with Gasteiger partial charge in [-0.25, -0.2) is 4.98 Å². The molecule has 5 nitrogen and oxygen atoms in total. The maximum absolute atomic E-state index is 11.4. The van der Waals surface area contributed by atoms with Gasteiger partial charge < -0.3 is 11.1 Å². The van der Waals surface area contributed by atoms with Crippen LogP contribution < -0.4 is 11.1 Å². The smallest absolute Gasteiger partial charge is 0.222 e. The van der Waals surface area contributed by atoms with E-state index in [4.69, 9.17) is 5.73 Å². The van der Waals surface area contributed by atoms with Gasteiger partial charge in [-0.3, -0.25) is 4.79 Å². The Bertz CT molecular complexity index is 418. The molecule has 1 aliphatic rings. The van der Waals surface area contributed by atoms with Gasteiger partial charge in [-0.15, -0.1) is 0 Å². The maximum Gasteiger partial charge on any atom is 0.222 e. The van der Waals surface area contributed by atoms with Gasteiger partial charge in [0.05, 0.1) is 5.92 Å². The van der Waals surface area contributed by atoms with Gasteiger partial charge in [0.1, 0.15) is 5.82 Å². The molecule has 2 unspecified atom stereocenters. The second kappa shape index (κ2) is 5.65. The second-order valence-electron chi connectivity index (χ2n) is 5.16. The van der Waals surface area contributed by atoms with Crippen LogP contribution in [-0.2, 0) is 4.79 Å². The summed E-state index contributed by atoms with van der Waals surface area (Å²) in [4.78, 5) is 15.9. The van der Waals surface area contributed by atoms with Gasteiger partial charge in [0.15, 0.2) is 0 Å². The quantitative estimate of drug-likeness (QED) is 0.876. The molecule has 0 bridgehead atoms. The summed E-state index contributed by atoms with van der Waals surface area (Å²) in [6.45, 7) is 4.14. The first-order valence-corrected chi connectivity index (χ1v) is 7.24. The number of hydrogen-bond donors (Lipinski definition) is 2. The van der Waals surface area contributed by atoms with Crippen molar-refractivity contribution in [3.63, 3.8) is 0 Å². The SMILES string of the molecule is CC(C)c1nsc(NC2CCCCC2C(N)=O)n1. The minimum absolute atomic E-state index is 0.0786. The molecule has 0 radical (unpaired) electrons. The number of amides is 1. The average Bonchev–Trinajstić information content (AvgIpc) is 2.78. The lowest BCUT2D eigenvalue weighted by Crippen LogP contribution is -2.40. The van der Waals surface area contributed by atoms with Gasteiger partial charge in [0.25, 0.3) is 0 Å². The molecule has 2 atom stereocenters. The Labute approximate surface area is 111 Å². The number of nitrogens with two attached hydrogens (primary N) is 1. The van der Waals surface area contributed by atoms with E-state index >= 15 is 0 Å². The fourth-order valence-electron chi connectivity index (χ4n) is 2.33. The van der Waals surface area contributed by atoms with Crippen LogP contribution in [-0.4, -0.2) is 21.3 Å². The number of anilines is 1. The van der Waals surface area contributed by atoms with Crippen molar-refractivity contribution in [2.75, 3.05) is 5.32 Å². The monoisotopic (exact) mass is 268 g/mol. The second-order valence-corrected chi connectivity index (χ2v) is 5.91. The minimum atomic E-state index is -0.208. The minimum Gasteiger partial charge on any atom is -0.369 e. The first kappa shape index (κ1) is 13.3. The zero-order valence-corrected chi connectivity index (χ0v) is 11.7. The zero-order valence-electron chi connectivity index (χ0n) is 10.8. The van der Waals surface area contributed by atoms with Crippen LogP contribution in [0.2, 0.25) is 0 Å². The van der Waals surface area contributed by atoms with Gasteiger partial charge >= 0.3 is 0 Å². The average molecular weight is 268 g/mol. The molecule has 1 aromatic heterocycles. The van der Waals surface area contributed by atoms with E-state index in [-0.39, 0.29) is 17.9 Å². The van der Waals surface area contributed by atoms with E-state index in [1.54, 1.807) is 0 Å². The van der Waals surface area contributed by atoms with E-state index < -0.39 is 0 Å². The number of nitrogens with one attached hydrogen (secondary N) is 1. The molecule has 100 valence electrons. The van der Waals surface area contributed by atoms with Crippen molar-refractivity contribution in [3.8, 4) is 0 Å². The van der Waals surface area contributed by atoms with Crippen molar-refractivity contribution in [1.29, 1.82) is 0 Å². The van der Waals surface area contributed by atoms with Crippen LogP contribution in [0, 0.1) is 5.92 Å². The Morgan fingerprint density at radius 1 is 1.44 bits per heavy atom. The Morgan fingerprint density at radius 2 is 2.17 bits per heavy atom. The number of nitrogens with zero attached hydrogens (tertiary/aromatic N) is 2. The highest BCUT2D eigenvalue weighted by atomic mass is 32.1. The highest BCUT2D eigenvalue weighted by Crippen LogP contribution is 2.28. The Kier molecular flexibility index (Phi) is 4.16. The molecular formula is C12H20N4OS. The normalized spacial score (nSPS) is 24.2. The van der Waals surface area contributed by atoms with Crippen molar-refractivity contribution >= 4 is 22.6 Å². The highest BCUT2D eigenvalue weighted by molar-refractivity contribution is 7.09. The molecule has 2 rings (SSSR count). The van der Waals surface area contributed by atoms with Crippen LogP contribution in [0.1, 0.15) is 51.3 Å². The van der Waals surface area contributed by atoms with Gasteiger partial charge in [0.2, 0.25) is 11.0 Å². The van der Waals surface area contributed by atoms with Crippen LogP contribution in [0.25, 0.3) is 0 Å². The first-order valence-electron chi connectivity index (χ1n) is 6.47. The topological polar surface area (TPSA) is 80.9 Å². The molecule has 3 N–H and O–H groups in total. The van der Waals surface area contributed by atoms with Crippen molar-refractivity contribution in [3.05, 3.63) is 5.82 Å². The molecule has 6 heteroatoms. The van der Waals surface area contributed by atoms with E-state index in [9.17, 15) is 4.79 Å². The molecule has 18 heavy (non-hydrogen) atoms. The predicted molar refractivity (Wildman–Crippen MR) is 72.6 cm³/mol. The number of carbonyl (C=O) groups is 1. The zero-order chi connectivity index (χ0) is 13.1. The third-order valence-electron chi connectivity index (χ3n) is 3.40. The molecule has 1 saturated carbocycles. The van der Waals surface area contributed by atoms with Gasteiger partial charge in [0, 0.05) is 23.5 Å².